The van der Waals surface area contributed by atoms with Gasteiger partial charge in [0.2, 0.25) is 0 Å². The molecule has 2 rings (SSSR count). The highest BCUT2D eigenvalue weighted by molar-refractivity contribution is 9.10. The molecule has 1 aromatic rings. The predicted molar refractivity (Wildman–Crippen MR) is 83.3 cm³/mol. The van der Waals surface area contributed by atoms with Crippen LogP contribution in [-0.2, 0) is 0 Å². The van der Waals surface area contributed by atoms with Crippen molar-refractivity contribution in [2.45, 2.75) is 31.8 Å². The lowest BCUT2D eigenvalue weighted by Crippen LogP contribution is -2.30. The molecule has 1 fully saturated rings. The van der Waals surface area contributed by atoms with E-state index >= 15 is 0 Å². The van der Waals surface area contributed by atoms with Crippen LogP contribution in [0.25, 0.3) is 0 Å². The summed E-state index contributed by atoms with van der Waals surface area (Å²) in [6.07, 6.45) is 2.40. The number of halogens is 1. The molecule has 1 saturated heterocycles. The number of benzene rings is 1. The van der Waals surface area contributed by atoms with E-state index in [-0.39, 0.29) is 5.84 Å². The van der Waals surface area contributed by atoms with Crippen molar-refractivity contribution in [3.8, 4) is 0 Å². The first-order valence-electron chi connectivity index (χ1n) is 6.68. The molecule has 110 valence electrons. The van der Waals surface area contributed by atoms with Gasteiger partial charge in [0.15, 0.2) is 5.84 Å². The van der Waals surface area contributed by atoms with Crippen LogP contribution in [-0.4, -0.2) is 34.8 Å². The van der Waals surface area contributed by atoms with Gasteiger partial charge in [0.1, 0.15) is 0 Å². The molecule has 0 aromatic heterocycles. The molecular formula is C14H20BrN3O2. The average Bonchev–Trinajstić information content (AvgIpc) is 2.58. The second-order valence-corrected chi connectivity index (χ2v) is 6.40. The van der Waals surface area contributed by atoms with Gasteiger partial charge in [-0.05, 0) is 44.4 Å². The lowest BCUT2D eigenvalue weighted by Gasteiger charge is -2.26. The molecule has 0 aliphatic carbocycles. The summed E-state index contributed by atoms with van der Waals surface area (Å²) in [6, 6.07) is 5.66. The molecule has 1 unspecified atom stereocenters. The molecule has 5 nitrogen and oxygen atoms in total. The molecule has 4 N–H and O–H groups in total. The van der Waals surface area contributed by atoms with Crippen LogP contribution < -0.4 is 10.6 Å². The number of hydrogen-bond acceptors (Lipinski definition) is 4. The Labute approximate surface area is 127 Å². The normalized spacial score (nSPS) is 24.6. The molecule has 1 atom stereocenters. The minimum atomic E-state index is -0.614. The van der Waals surface area contributed by atoms with Crippen LogP contribution in [0, 0.1) is 0 Å². The second kappa shape index (κ2) is 6.01. The number of oxime groups is 1. The number of nitrogens with two attached hydrogens (primary N) is 1. The van der Waals surface area contributed by atoms with Gasteiger partial charge in [-0.25, -0.2) is 0 Å². The zero-order valence-electron chi connectivity index (χ0n) is 11.5. The van der Waals surface area contributed by atoms with E-state index < -0.39 is 5.60 Å². The van der Waals surface area contributed by atoms with Gasteiger partial charge in [0.05, 0.1) is 5.60 Å². The van der Waals surface area contributed by atoms with Gasteiger partial charge in [-0.2, -0.15) is 0 Å². The van der Waals surface area contributed by atoms with Gasteiger partial charge in [-0.1, -0.05) is 21.1 Å². The maximum atomic E-state index is 10.2. The highest BCUT2D eigenvalue weighted by Crippen LogP contribution is 2.29. The minimum absolute atomic E-state index is 0.100. The van der Waals surface area contributed by atoms with Crippen molar-refractivity contribution in [2.24, 2.45) is 10.9 Å². The first kappa shape index (κ1) is 15.1. The minimum Gasteiger partial charge on any atom is -0.409 e. The second-order valence-electron chi connectivity index (χ2n) is 5.48. The smallest absolute Gasteiger partial charge is 0.172 e. The molecule has 1 aromatic carbocycles. The van der Waals surface area contributed by atoms with E-state index in [4.69, 9.17) is 10.9 Å². The zero-order chi connectivity index (χ0) is 14.8. The van der Waals surface area contributed by atoms with Crippen molar-refractivity contribution in [3.63, 3.8) is 0 Å². The van der Waals surface area contributed by atoms with Gasteiger partial charge in [0, 0.05) is 28.8 Å². The van der Waals surface area contributed by atoms with E-state index in [1.54, 1.807) is 0 Å². The Kier molecular flexibility index (Phi) is 4.55. The fourth-order valence-electron chi connectivity index (χ4n) is 2.54. The van der Waals surface area contributed by atoms with E-state index in [1.165, 1.54) is 0 Å². The lowest BCUT2D eigenvalue weighted by molar-refractivity contribution is 0.0481. The average molecular weight is 342 g/mol. The van der Waals surface area contributed by atoms with Crippen LogP contribution in [0.5, 0.6) is 0 Å². The van der Waals surface area contributed by atoms with Crippen LogP contribution in [0.3, 0.4) is 0 Å². The number of nitrogens with zero attached hydrogens (tertiary/aromatic N) is 2. The van der Waals surface area contributed by atoms with E-state index in [2.05, 4.69) is 26.0 Å². The molecular weight excluding hydrogens is 322 g/mol. The summed E-state index contributed by atoms with van der Waals surface area (Å²) in [4.78, 5) is 2.18. The summed E-state index contributed by atoms with van der Waals surface area (Å²) in [5.41, 5.74) is 6.77. The Morgan fingerprint density at radius 3 is 2.85 bits per heavy atom. The molecule has 0 radical (unpaired) electrons. The lowest BCUT2D eigenvalue weighted by atomic mass is 9.98. The van der Waals surface area contributed by atoms with Crippen molar-refractivity contribution in [2.75, 3.05) is 18.0 Å². The standard InChI is InChI=1S/C14H20BrN3O2/c1-14(19)5-2-7-18(8-6-14)12-9-10(15)3-4-11(12)13(16)17-20/h3-4,9,19-20H,2,5-8H2,1H3,(H2,16,17). The Morgan fingerprint density at radius 1 is 1.40 bits per heavy atom. The maximum absolute atomic E-state index is 10.2. The third-order valence-corrected chi connectivity index (χ3v) is 4.24. The molecule has 1 aliphatic heterocycles. The number of hydrogen-bond donors (Lipinski definition) is 3. The predicted octanol–water partition coefficient (Wildman–Crippen LogP) is 2.28. The van der Waals surface area contributed by atoms with E-state index in [0.717, 1.165) is 36.1 Å². The SMILES string of the molecule is CC1(O)CCCN(c2cc(Br)ccc2/C(N)=N/O)CC1. The first-order chi connectivity index (χ1) is 9.43. The van der Waals surface area contributed by atoms with E-state index in [9.17, 15) is 5.11 Å². The summed E-state index contributed by atoms with van der Waals surface area (Å²) in [5, 5.41) is 22.2. The Balaban J connectivity index is 2.34. The van der Waals surface area contributed by atoms with Gasteiger partial charge >= 0.3 is 0 Å². The molecule has 0 saturated carbocycles. The van der Waals surface area contributed by atoms with Gasteiger partial charge in [0.25, 0.3) is 0 Å². The van der Waals surface area contributed by atoms with Gasteiger partial charge < -0.3 is 20.9 Å². The fourth-order valence-corrected chi connectivity index (χ4v) is 2.89. The van der Waals surface area contributed by atoms with Crippen LogP contribution in [0.4, 0.5) is 5.69 Å². The number of amidine groups is 1. The fraction of sp³-hybridized carbons (Fsp3) is 0.500. The molecule has 0 bridgehead atoms. The van der Waals surface area contributed by atoms with E-state index in [1.807, 2.05) is 25.1 Å². The number of rotatable bonds is 2. The molecule has 1 heterocycles. The van der Waals surface area contributed by atoms with Crippen LogP contribution in [0.2, 0.25) is 0 Å². The quantitative estimate of drug-likeness (QED) is 0.333. The highest BCUT2D eigenvalue weighted by Gasteiger charge is 2.26. The summed E-state index contributed by atoms with van der Waals surface area (Å²) < 4.78 is 0.943. The number of aliphatic hydroxyl groups is 1. The number of anilines is 1. The summed E-state index contributed by atoms with van der Waals surface area (Å²) >= 11 is 3.46. The topological polar surface area (TPSA) is 82.1 Å². The van der Waals surface area contributed by atoms with Crippen molar-refractivity contribution >= 4 is 27.5 Å². The van der Waals surface area contributed by atoms with Crippen molar-refractivity contribution in [3.05, 3.63) is 28.2 Å². The highest BCUT2D eigenvalue weighted by atomic mass is 79.9. The Morgan fingerprint density at radius 2 is 2.15 bits per heavy atom. The third-order valence-electron chi connectivity index (χ3n) is 3.75. The molecule has 0 spiro atoms. The first-order valence-corrected chi connectivity index (χ1v) is 7.47. The van der Waals surface area contributed by atoms with Crippen LogP contribution in [0.1, 0.15) is 31.7 Å². The Hall–Kier alpha value is -1.27. The summed E-state index contributed by atoms with van der Waals surface area (Å²) in [6.45, 7) is 3.47. The largest absolute Gasteiger partial charge is 0.409 e. The van der Waals surface area contributed by atoms with Crippen molar-refractivity contribution < 1.29 is 10.3 Å². The van der Waals surface area contributed by atoms with E-state index in [0.29, 0.717) is 12.0 Å². The van der Waals surface area contributed by atoms with Crippen molar-refractivity contribution in [1.82, 2.24) is 0 Å². The molecule has 6 heteroatoms. The van der Waals surface area contributed by atoms with Crippen LogP contribution in [0.15, 0.2) is 27.8 Å². The van der Waals surface area contributed by atoms with Crippen LogP contribution >= 0.6 is 15.9 Å². The Bertz CT molecular complexity index is 517. The molecule has 20 heavy (non-hydrogen) atoms. The zero-order valence-corrected chi connectivity index (χ0v) is 13.1. The monoisotopic (exact) mass is 341 g/mol. The summed E-state index contributed by atoms with van der Waals surface area (Å²) in [5.74, 6) is 0.100. The third kappa shape index (κ3) is 3.43. The summed E-state index contributed by atoms with van der Waals surface area (Å²) in [7, 11) is 0. The van der Waals surface area contributed by atoms with Gasteiger partial charge in [-0.15, -0.1) is 0 Å². The molecule has 1 aliphatic rings. The molecule has 0 amide bonds. The van der Waals surface area contributed by atoms with Gasteiger partial charge in [-0.3, -0.25) is 0 Å². The maximum Gasteiger partial charge on any atom is 0.172 e. The van der Waals surface area contributed by atoms with Crippen molar-refractivity contribution in [1.29, 1.82) is 0 Å².